The molecule has 0 spiro atoms. The fourth-order valence-electron chi connectivity index (χ4n) is 2.87. The number of carbonyl (C=O) groups is 1. The zero-order valence-electron chi connectivity index (χ0n) is 16.6. The van der Waals surface area contributed by atoms with Gasteiger partial charge in [-0.3, -0.25) is 9.52 Å². The minimum absolute atomic E-state index is 0.00959. The van der Waals surface area contributed by atoms with Crippen molar-refractivity contribution in [3.05, 3.63) is 66.2 Å². The van der Waals surface area contributed by atoms with E-state index in [1.165, 1.54) is 6.07 Å². The van der Waals surface area contributed by atoms with Crippen molar-refractivity contribution >= 4 is 32.4 Å². The molecule has 0 unspecified atom stereocenters. The molecule has 29 heavy (non-hydrogen) atoms. The third-order valence-electron chi connectivity index (χ3n) is 4.74. The molecule has 1 atom stereocenters. The number of fused-ring (bicyclic) bond motifs is 1. The number of anilines is 1. The summed E-state index contributed by atoms with van der Waals surface area (Å²) in [6, 6.07) is 16.8. The van der Waals surface area contributed by atoms with E-state index in [9.17, 15) is 13.2 Å². The second kappa shape index (κ2) is 8.53. The van der Waals surface area contributed by atoms with E-state index in [4.69, 9.17) is 4.74 Å². The van der Waals surface area contributed by atoms with Gasteiger partial charge in [0.25, 0.3) is 15.9 Å². The molecule has 3 aromatic carbocycles. The van der Waals surface area contributed by atoms with E-state index in [0.717, 1.165) is 17.2 Å². The Balaban J connectivity index is 1.92. The van der Waals surface area contributed by atoms with Crippen molar-refractivity contribution < 1.29 is 17.9 Å². The van der Waals surface area contributed by atoms with E-state index in [-0.39, 0.29) is 28.1 Å². The van der Waals surface area contributed by atoms with Crippen LogP contribution in [0.3, 0.4) is 0 Å². The van der Waals surface area contributed by atoms with Crippen molar-refractivity contribution in [3.63, 3.8) is 0 Å². The van der Waals surface area contributed by atoms with E-state index in [1.54, 1.807) is 55.6 Å². The third-order valence-corrected chi connectivity index (χ3v) is 6.10. The van der Waals surface area contributed by atoms with Gasteiger partial charge in [0, 0.05) is 6.04 Å². The van der Waals surface area contributed by atoms with E-state index >= 15 is 0 Å². The smallest absolute Gasteiger partial charge is 0.261 e. The second-order valence-corrected chi connectivity index (χ2v) is 8.49. The molecule has 0 saturated heterocycles. The van der Waals surface area contributed by atoms with Crippen LogP contribution in [0.15, 0.2) is 65.6 Å². The fourth-order valence-corrected chi connectivity index (χ4v) is 3.99. The van der Waals surface area contributed by atoms with Gasteiger partial charge in [0.05, 0.1) is 23.3 Å². The summed E-state index contributed by atoms with van der Waals surface area (Å²) in [6.07, 6.45) is 0.779. The minimum atomic E-state index is -3.87. The number of amides is 1. The molecule has 0 aliphatic carbocycles. The number of rotatable bonds is 7. The van der Waals surface area contributed by atoms with Gasteiger partial charge < -0.3 is 10.1 Å². The molecule has 0 fully saturated rings. The van der Waals surface area contributed by atoms with Gasteiger partial charge in [0.15, 0.2) is 0 Å². The average molecular weight is 413 g/mol. The Morgan fingerprint density at radius 3 is 2.45 bits per heavy atom. The lowest BCUT2D eigenvalue weighted by Crippen LogP contribution is -2.32. The van der Waals surface area contributed by atoms with Crippen LogP contribution in [0.4, 0.5) is 5.69 Å². The van der Waals surface area contributed by atoms with Crippen LogP contribution in [0, 0.1) is 0 Å². The summed E-state index contributed by atoms with van der Waals surface area (Å²) in [7, 11) is -2.29. The second-order valence-electron chi connectivity index (χ2n) is 6.81. The summed E-state index contributed by atoms with van der Waals surface area (Å²) in [5, 5.41) is 4.51. The lowest BCUT2D eigenvalue weighted by atomic mass is 10.1. The molecule has 1 amide bonds. The summed E-state index contributed by atoms with van der Waals surface area (Å²) in [4.78, 5) is 12.7. The molecule has 0 radical (unpaired) electrons. The van der Waals surface area contributed by atoms with Crippen LogP contribution in [-0.2, 0) is 10.0 Å². The number of hydrogen-bond acceptors (Lipinski definition) is 4. The normalized spacial score (nSPS) is 12.4. The Labute approximate surface area is 170 Å². The SMILES string of the molecule is CC[C@@H](C)NC(=O)c1ccccc1NS(=O)(=O)c1ccc2cc(OC)ccc2c1. The lowest BCUT2D eigenvalue weighted by molar-refractivity contribution is 0.0940. The Kier molecular flexibility index (Phi) is 6.08. The Bertz CT molecular complexity index is 1140. The Morgan fingerprint density at radius 1 is 1.03 bits per heavy atom. The third kappa shape index (κ3) is 4.68. The topological polar surface area (TPSA) is 84.5 Å². The summed E-state index contributed by atoms with van der Waals surface area (Å²) in [5.74, 6) is 0.385. The standard InChI is InChI=1S/C22H24N2O4S/c1-4-15(2)23-22(25)20-7-5-6-8-21(20)24-29(26,27)19-12-10-16-13-18(28-3)11-9-17(16)14-19/h5-15,24H,4H2,1-3H3,(H,23,25)/t15-/m1/s1. The van der Waals surface area contributed by atoms with Crippen LogP contribution in [0.25, 0.3) is 10.8 Å². The molecule has 3 aromatic rings. The zero-order chi connectivity index (χ0) is 21.0. The maximum Gasteiger partial charge on any atom is 0.261 e. The van der Waals surface area contributed by atoms with Crippen LogP contribution >= 0.6 is 0 Å². The van der Waals surface area contributed by atoms with Gasteiger partial charge >= 0.3 is 0 Å². The first-order valence-corrected chi connectivity index (χ1v) is 10.8. The molecule has 6 nitrogen and oxygen atoms in total. The van der Waals surface area contributed by atoms with Gasteiger partial charge in [-0.25, -0.2) is 8.42 Å². The average Bonchev–Trinajstić information content (AvgIpc) is 2.72. The predicted molar refractivity (Wildman–Crippen MR) is 115 cm³/mol. The maximum atomic E-state index is 13.0. The van der Waals surface area contributed by atoms with Gasteiger partial charge in [-0.15, -0.1) is 0 Å². The van der Waals surface area contributed by atoms with E-state index < -0.39 is 10.0 Å². The van der Waals surface area contributed by atoms with Crippen molar-refractivity contribution in [3.8, 4) is 5.75 Å². The summed E-state index contributed by atoms with van der Waals surface area (Å²) in [6.45, 7) is 3.86. The fraction of sp³-hybridized carbons (Fsp3) is 0.227. The molecule has 0 heterocycles. The van der Waals surface area contributed by atoms with E-state index in [1.807, 2.05) is 19.9 Å². The van der Waals surface area contributed by atoms with Crippen molar-refractivity contribution in [2.45, 2.75) is 31.2 Å². The molecule has 3 rings (SSSR count). The van der Waals surface area contributed by atoms with Crippen LogP contribution in [0.5, 0.6) is 5.75 Å². The van der Waals surface area contributed by atoms with Crippen molar-refractivity contribution in [2.24, 2.45) is 0 Å². The molecule has 0 aliphatic rings. The van der Waals surface area contributed by atoms with Crippen LogP contribution in [0.1, 0.15) is 30.6 Å². The molecular formula is C22H24N2O4S. The number of methoxy groups -OCH3 is 1. The minimum Gasteiger partial charge on any atom is -0.497 e. The molecule has 0 aromatic heterocycles. The molecule has 7 heteroatoms. The van der Waals surface area contributed by atoms with Gasteiger partial charge in [0.1, 0.15) is 5.75 Å². The van der Waals surface area contributed by atoms with E-state index in [2.05, 4.69) is 10.0 Å². The molecule has 0 bridgehead atoms. The predicted octanol–water partition coefficient (Wildman–Crippen LogP) is 4.18. The summed E-state index contributed by atoms with van der Waals surface area (Å²) < 4.78 is 33.7. The number of hydrogen-bond donors (Lipinski definition) is 2. The van der Waals surface area contributed by atoms with Gasteiger partial charge in [0.2, 0.25) is 0 Å². The Morgan fingerprint density at radius 2 is 1.72 bits per heavy atom. The van der Waals surface area contributed by atoms with Gasteiger partial charge in [-0.2, -0.15) is 0 Å². The van der Waals surface area contributed by atoms with Crippen LogP contribution in [-0.4, -0.2) is 27.5 Å². The largest absolute Gasteiger partial charge is 0.497 e. The first-order valence-electron chi connectivity index (χ1n) is 9.34. The molecule has 0 saturated carbocycles. The van der Waals surface area contributed by atoms with E-state index in [0.29, 0.717) is 5.75 Å². The maximum absolute atomic E-state index is 13.0. The summed E-state index contributed by atoms with van der Waals surface area (Å²) in [5.41, 5.74) is 0.519. The number of ether oxygens (including phenoxy) is 1. The number of nitrogens with one attached hydrogen (secondary N) is 2. The van der Waals surface area contributed by atoms with Gasteiger partial charge in [-0.1, -0.05) is 31.2 Å². The quantitative estimate of drug-likeness (QED) is 0.610. The Hall–Kier alpha value is -3.06. The lowest BCUT2D eigenvalue weighted by Gasteiger charge is -2.15. The molecule has 0 aliphatic heterocycles. The number of benzene rings is 3. The monoisotopic (exact) mass is 412 g/mol. The molecule has 2 N–H and O–H groups in total. The summed E-state index contributed by atoms with van der Waals surface area (Å²) >= 11 is 0. The highest BCUT2D eigenvalue weighted by molar-refractivity contribution is 7.92. The number of para-hydroxylation sites is 1. The van der Waals surface area contributed by atoms with Crippen molar-refractivity contribution in [2.75, 3.05) is 11.8 Å². The molecule has 152 valence electrons. The first kappa shape index (κ1) is 20.7. The van der Waals surface area contributed by atoms with Crippen LogP contribution < -0.4 is 14.8 Å². The zero-order valence-corrected chi connectivity index (χ0v) is 17.4. The highest BCUT2D eigenvalue weighted by atomic mass is 32.2. The highest BCUT2D eigenvalue weighted by Gasteiger charge is 2.19. The van der Waals surface area contributed by atoms with Gasteiger partial charge in [-0.05, 0) is 60.5 Å². The number of sulfonamides is 1. The highest BCUT2D eigenvalue weighted by Crippen LogP contribution is 2.26. The van der Waals surface area contributed by atoms with Crippen molar-refractivity contribution in [1.82, 2.24) is 5.32 Å². The number of carbonyl (C=O) groups excluding carboxylic acids is 1. The molecular weight excluding hydrogens is 388 g/mol. The van der Waals surface area contributed by atoms with Crippen LogP contribution in [0.2, 0.25) is 0 Å². The van der Waals surface area contributed by atoms with Crippen molar-refractivity contribution in [1.29, 1.82) is 0 Å². The first-order chi connectivity index (χ1) is 13.8.